The summed E-state index contributed by atoms with van der Waals surface area (Å²) in [5.41, 5.74) is 2.34. The molecule has 0 unspecified atom stereocenters. The largest absolute Gasteiger partial charge is 0.480 e. The summed E-state index contributed by atoms with van der Waals surface area (Å²) < 4.78 is 27.8. The molecule has 3 N–H and O–H groups in total. The van der Waals surface area contributed by atoms with Crippen molar-refractivity contribution in [2.75, 3.05) is 5.70 Å². The maximum absolute atomic E-state index is 10.2. The lowest BCUT2D eigenvalue weighted by atomic mass is 10.2. The predicted octanol–water partition coefficient (Wildman–Crippen LogP) is -0.282. The molecule has 3 nitrogen and oxygen atoms in total. The molecule has 0 rings (SSSR count). The molecule has 1 atom stereocenters. The lowest BCUT2D eigenvalue weighted by Gasteiger charge is -2.00. The number of nitrogens with two attached hydrogens (primary N) is 1. The van der Waals surface area contributed by atoms with Gasteiger partial charge in [-0.3, -0.25) is 4.79 Å². The van der Waals surface area contributed by atoms with E-state index in [1.807, 2.05) is 0 Å². The smallest absolute Gasteiger partial charge is 0.320 e. The summed E-state index contributed by atoms with van der Waals surface area (Å²) in [4.78, 5) is 10.2. The first-order valence-corrected chi connectivity index (χ1v) is 2.26. The van der Waals surface area contributed by atoms with Crippen molar-refractivity contribution >= 4 is 18.6 Å². The topological polar surface area (TPSA) is 63.3 Å². The van der Waals surface area contributed by atoms with Crippen molar-refractivity contribution in [3.8, 4) is 0 Å². The molecule has 0 aliphatic rings. The molecule has 0 spiro atoms. The summed E-state index contributed by atoms with van der Waals surface area (Å²) in [5, 5.41) is 8.32. The fourth-order valence-corrected chi connectivity index (χ4v) is 0.270. The Kier molecular flexibility index (Phi) is 1.44. The summed E-state index contributed by atoms with van der Waals surface area (Å²) in [5.74, 6) is -1.60. The zero-order valence-corrected chi connectivity index (χ0v) is 4.85. The number of carbonyl (C=O) groups is 1. The molecule has 4 heteroatoms. The Morgan fingerprint density at radius 1 is 2.12 bits per heavy atom. The van der Waals surface area contributed by atoms with E-state index in [1.165, 1.54) is 0 Å². The van der Waals surface area contributed by atoms with Crippen molar-refractivity contribution < 1.29 is 15.4 Å². The van der Waals surface area contributed by atoms with Crippen LogP contribution in [0.2, 0.25) is 0 Å². The van der Waals surface area contributed by atoms with E-state index in [0.29, 0.717) is 0 Å². The molecule has 8 heavy (non-hydrogen) atoms. The lowest BCUT2D eigenvalue weighted by molar-refractivity contribution is -0.138. The van der Waals surface area contributed by atoms with Crippen molar-refractivity contribution in [3.63, 3.8) is 0 Å². The fourth-order valence-electron chi connectivity index (χ4n) is 0.131. The number of carboxylic acids is 1. The summed E-state index contributed by atoms with van der Waals surface area (Å²) in [6.45, 7) is 0. The molecule has 48 valence electrons. The first-order chi connectivity index (χ1) is 5.10. The SMILES string of the molecule is [2H]C([2H])(S)C([2H])([2H])[C@@H](N)C(=O)O. The van der Waals surface area contributed by atoms with Gasteiger partial charge in [0.25, 0.3) is 0 Å². The molecule has 0 saturated carbocycles. The second kappa shape index (κ2) is 3.74. The van der Waals surface area contributed by atoms with Gasteiger partial charge in [0.05, 0.1) is 0 Å². The zero-order valence-electron chi connectivity index (χ0n) is 7.96. The summed E-state index contributed by atoms with van der Waals surface area (Å²) in [7, 11) is 0. The molecule has 0 bridgehead atoms. The molecule has 0 fully saturated rings. The lowest BCUT2D eigenvalue weighted by Crippen LogP contribution is -2.30. The Bertz CT molecular complexity index is 192. The van der Waals surface area contributed by atoms with Gasteiger partial charge in [-0.25, -0.2) is 0 Å². The Morgan fingerprint density at radius 2 is 2.62 bits per heavy atom. The van der Waals surface area contributed by atoms with E-state index in [0.717, 1.165) is 0 Å². The van der Waals surface area contributed by atoms with Crippen LogP contribution >= 0.6 is 12.6 Å². The Hall–Kier alpha value is -0.220. The Balaban J connectivity index is 4.73. The minimum Gasteiger partial charge on any atom is -0.480 e. The minimum atomic E-state index is -2.71. The highest BCUT2D eigenvalue weighted by molar-refractivity contribution is 7.80. The van der Waals surface area contributed by atoms with E-state index in [-0.39, 0.29) is 0 Å². The van der Waals surface area contributed by atoms with Crippen LogP contribution in [0.5, 0.6) is 0 Å². The number of hydrogen-bond donors (Lipinski definition) is 3. The van der Waals surface area contributed by atoms with Gasteiger partial charge in [0, 0.05) is 5.48 Å². The fraction of sp³-hybridized carbons (Fsp3) is 0.750. The average Bonchev–Trinajstić information content (AvgIpc) is 1.83. The second-order valence-corrected chi connectivity index (χ2v) is 1.30. The van der Waals surface area contributed by atoms with Gasteiger partial charge in [-0.05, 0) is 12.1 Å². The van der Waals surface area contributed by atoms with Crippen molar-refractivity contribution in [1.29, 1.82) is 0 Å². The van der Waals surface area contributed by atoms with Gasteiger partial charge in [0.2, 0.25) is 0 Å². The first kappa shape index (κ1) is 3.08. The van der Waals surface area contributed by atoms with Crippen LogP contribution in [-0.2, 0) is 4.79 Å². The third kappa shape index (κ3) is 2.87. The highest BCUT2D eigenvalue weighted by Gasteiger charge is 2.08. The second-order valence-electron chi connectivity index (χ2n) is 1.07. The molecular formula is C4H9NO2S. The monoisotopic (exact) mass is 139 g/mol. The van der Waals surface area contributed by atoms with Crippen LogP contribution in [0.3, 0.4) is 0 Å². The molecule has 0 aromatic carbocycles. The van der Waals surface area contributed by atoms with Crippen LogP contribution in [-0.4, -0.2) is 22.8 Å². The van der Waals surface area contributed by atoms with E-state index >= 15 is 0 Å². The van der Waals surface area contributed by atoms with Gasteiger partial charge >= 0.3 is 5.97 Å². The number of hydrogen-bond acceptors (Lipinski definition) is 3. The maximum atomic E-state index is 10.2. The molecule has 0 heterocycles. The summed E-state index contributed by atoms with van der Waals surface area (Å²) in [6, 6.07) is -1.93. The number of aliphatic carboxylic acids is 1. The van der Waals surface area contributed by atoms with Crippen molar-refractivity contribution in [2.24, 2.45) is 5.73 Å². The standard InChI is InChI=1S/C4H9NO2S/c5-3(1-2-8)4(6)7/h3,8H,1-2,5H2,(H,6,7)/t3-/m1/s1/i1D2,2D2. The summed E-state index contributed by atoms with van der Waals surface area (Å²) >= 11 is 3.28. The highest BCUT2D eigenvalue weighted by Crippen LogP contribution is 1.88. The van der Waals surface area contributed by atoms with Gasteiger partial charge in [-0.1, -0.05) is 0 Å². The Morgan fingerprint density at radius 3 is 2.75 bits per heavy atom. The molecule has 0 aromatic rings. The molecule has 0 aliphatic heterocycles. The van der Waals surface area contributed by atoms with Crippen LogP contribution in [0.4, 0.5) is 0 Å². The molecule has 0 saturated heterocycles. The van der Waals surface area contributed by atoms with Gasteiger partial charge in [0.1, 0.15) is 6.04 Å². The zero-order chi connectivity index (χ0) is 10.2. The Labute approximate surface area is 58.9 Å². The normalized spacial score (nSPS) is 24.2. The predicted molar refractivity (Wildman–Crippen MR) is 34.1 cm³/mol. The first-order valence-electron chi connectivity index (χ1n) is 3.81. The average molecular weight is 139 g/mol. The van der Waals surface area contributed by atoms with Crippen molar-refractivity contribution in [1.82, 2.24) is 0 Å². The van der Waals surface area contributed by atoms with E-state index in [4.69, 9.17) is 16.3 Å². The number of thiol groups is 1. The highest BCUT2D eigenvalue weighted by atomic mass is 32.1. The van der Waals surface area contributed by atoms with E-state index < -0.39 is 24.1 Å². The van der Waals surface area contributed by atoms with Gasteiger partial charge in [-0.15, -0.1) is 0 Å². The van der Waals surface area contributed by atoms with Crippen molar-refractivity contribution in [2.45, 2.75) is 12.4 Å². The molecule has 0 radical (unpaired) electrons. The van der Waals surface area contributed by atoms with E-state index in [1.54, 1.807) is 0 Å². The van der Waals surface area contributed by atoms with Gasteiger partial charge in [-0.2, -0.15) is 12.6 Å². The number of rotatable bonds is 3. The maximum Gasteiger partial charge on any atom is 0.320 e. The van der Waals surface area contributed by atoms with Gasteiger partial charge in [0.15, 0.2) is 0 Å². The molecule has 0 aliphatic carbocycles. The molecule has 0 amide bonds. The van der Waals surface area contributed by atoms with E-state index in [2.05, 4.69) is 12.6 Å². The van der Waals surface area contributed by atoms with Crippen LogP contribution in [0.1, 0.15) is 11.9 Å². The molecular weight excluding hydrogens is 126 g/mol. The number of carboxylic acid groups (broad SMARTS) is 1. The molecule has 0 aromatic heterocycles. The van der Waals surface area contributed by atoms with Crippen LogP contribution in [0.15, 0.2) is 0 Å². The third-order valence-electron chi connectivity index (χ3n) is 0.486. The summed E-state index contributed by atoms with van der Waals surface area (Å²) in [6.07, 6.45) is -2.71. The van der Waals surface area contributed by atoms with Crippen molar-refractivity contribution in [3.05, 3.63) is 0 Å². The van der Waals surface area contributed by atoms with E-state index in [9.17, 15) is 4.79 Å². The third-order valence-corrected chi connectivity index (χ3v) is 0.615. The van der Waals surface area contributed by atoms with Gasteiger partial charge < -0.3 is 10.8 Å². The van der Waals surface area contributed by atoms with Crippen LogP contribution in [0.25, 0.3) is 0 Å². The van der Waals surface area contributed by atoms with Crippen LogP contribution in [0, 0.1) is 0 Å². The quantitative estimate of drug-likeness (QED) is 0.471. The van der Waals surface area contributed by atoms with Crippen LogP contribution < -0.4 is 5.73 Å². The minimum absolute atomic E-state index is 1.60.